The molecule has 5 heteroatoms. The Balaban J connectivity index is 2.15. The van der Waals surface area contributed by atoms with Crippen LogP contribution in [-0.2, 0) is 6.42 Å². The summed E-state index contributed by atoms with van der Waals surface area (Å²) in [6.07, 6.45) is 3.76. The van der Waals surface area contributed by atoms with Crippen molar-refractivity contribution in [3.8, 4) is 5.75 Å². The fourth-order valence-electron chi connectivity index (χ4n) is 1.82. The number of nitrogens with one attached hydrogen (secondary N) is 1. The number of hydrogen-bond donors (Lipinski definition) is 2. The number of nitrogens with two attached hydrogens (primary N) is 1. The van der Waals surface area contributed by atoms with Crippen LogP contribution in [-0.4, -0.2) is 7.11 Å². The number of ether oxygens (including phenoxy) is 1. The lowest BCUT2D eigenvalue weighted by Crippen LogP contribution is -2.29. The Morgan fingerprint density at radius 2 is 2.28 bits per heavy atom. The quantitative estimate of drug-likeness (QED) is 0.630. The average Bonchev–Trinajstić information content (AvgIpc) is 2.90. The van der Waals surface area contributed by atoms with Gasteiger partial charge in [0, 0.05) is 5.56 Å². The zero-order valence-corrected chi connectivity index (χ0v) is 10.0. The molecule has 1 heterocycles. The van der Waals surface area contributed by atoms with Crippen molar-refractivity contribution in [1.29, 1.82) is 0 Å². The fourth-order valence-corrected chi connectivity index (χ4v) is 1.82. The molecule has 1 unspecified atom stereocenters. The molecule has 0 aliphatic carbocycles. The Morgan fingerprint density at radius 1 is 1.44 bits per heavy atom. The monoisotopic (exact) mass is 250 g/mol. The first-order chi connectivity index (χ1) is 8.74. The number of rotatable bonds is 5. The summed E-state index contributed by atoms with van der Waals surface area (Å²) in [5.74, 6) is 5.35. The molecule has 96 valence electrons. The molecule has 0 amide bonds. The molecule has 4 nitrogen and oxygen atoms in total. The van der Waals surface area contributed by atoms with Crippen LogP contribution in [0, 0.1) is 5.82 Å². The maximum absolute atomic E-state index is 13.6. The number of benzene rings is 1. The highest BCUT2D eigenvalue weighted by atomic mass is 19.1. The van der Waals surface area contributed by atoms with Crippen LogP contribution in [0.2, 0.25) is 0 Å². The van der Waals surface area contributed by atoms with Crippen LogP contribution in [0.5, 0.6) is 5.75 Å². The minimum atomic E-state index is -0.377. The molecule has 2 aromatic rings. The Morgan fingerprint density at radius 3 is 2.83 bits per heavy atom. The van der Waals surface area contributed by atoms with Crippen molar-refractivity contribution in [2.75, 3.05) is 7.11 Å². The number of halogens is 1. The summed E-state index contributed by atoms with van der Waals surface area (Å²) in [5, 5.41) is 0. The molecule has 0 aliphatic heterocycles. The minimum absolute atomic E-state index is 0.114. The van der Waals surface area contributed by atoms with Crippen LogP contribution in [0.4, 0.5) is 4.39 Å². The Kier molecular flexibility index (Phi) is 3.96. The maximum Gasteiger partial charge on any atom is 0.165 e. The van der Waals surface area contributed by atoms with Gasteiger partial charge in [-0.2, -0.15) is 0 Å². The lowest BCUT2D eigenvalue weighted by molar-refractivity contribution is 0.386. The van der Waals surface area contributed by atoms with Gasteiger partial charge in [-0.05, 0) is 30.2 Å². The lowest BCUT2D eigenvalue weighted by Gasteiger charge is -2.14. The zero-order chi connectivity index (χ0) is 13.0. The highest BCUT2D eigenvalue weighted by Gasteiger charge is 2.13. The third kappa shape index (κ3) is 2.69. The van der Waals surface area contributed by atoms with E-state index in [1.807, 2.05) is 12.1 Å². The fraction of sp³-hybridized carbons (Fsp3) is 0.231. The van der Waals surface area contributed by atoms with Gasteiger partial charge in [0.15, 0.2) is 11.6 Å². The van der Waals surface area contributed by atoms with Crippen molar-refractivity contribution in [1.82, 2.24) is 5.43 Å². The molecule has 0 saturated carbocycles. The first-order valence-corrected chi connectivity index (χ1v) is 5.55. The average molecular weight is 250 g/mol. The van der Waals surface area contributed by atoms with E-state index < -0.39 is 0 Å². The highest BCUT2D eigenvalue weighted by Crippen LogP contribution is 2.22. The third-order valence-corrected chi connectivity index (χ3v) is 2.80. The predicted octanol–water partition coefficient (Wildman–Crippen LogP) is 2.17. The molecule has 0 aliphatic rings. The SMILES string of the molecule is COc1ccc(CC(NN)c2ccoc2)cc1F. The van der Waals surface area contributed by atoms with Crippen LogP contribution in [0.25, 0.3) is 0 Å². The maximum atomic E-state index is 13.6. The Bertz CT molecular complexity index is 500. The van der Waals surface area contributed by atoms with Gasteiger partial charge in [0.1, 0.15) is 0 Å². The molecule has 2 rings (SSSR count). The molecule has 18 heavy (non-hydrogen) atoms. The van der Waals surface area contributed by atoms with Gasteiger partial charge in [-0.25, -0.2) is 4.39 Å². The second-order valence-corrected chi connectivity index (χ2v) is 3.95. The van der Waals surface area contributed by atoms with Gasteiger partial charge < -0.3 is 9.15 Å². The Labute approximate surface area is 105 Å². The van der Waals surface area contributed by atoms with E-state index in [-0.39, 0.29) is 17.6 Å². The normalized spacial score (nSPS) is 12.4. The van der Waals surface area contributed by atoms with Crippen LogP contribution < -0.4 is 16.0 Å². The molecular formula is C13H15FN2O2. The molecule has 0 saturated heterocycles. The number of methoxy groups -OCH3 is 1. The number of hydrazine groups is 1. The molecule has 0 radical (unpaired) electrons. The van der Waals surface area contributed by atoms with Crippen LogP contribution >= 0.6 is 0 Å². The largest absolute Gasteiger partial charge is 0.494 e. The standard InChI is InChI=1S/C13H15FN2O2/c1-17-13-3-2-9(6-11(13)14)7-12(16-15)10-4-5-18-8-10/h2-6,8,12,16H,7,15H2,1H3. The van der Waals surface area contributed by atoms with Gasteiger partial charge in [0.25, 0.3) is 0 Å². The van der Waals surface area contributed by atoms with Gasteiger partial charge in [-0.1, -0.05) is 6.07 Å². The van der Waals surface area contributed by atoms with Gasteiger partial charge in [-0.3, -0.25) is 11.3 Å². The number of hydrogen-bond acceptors (Lipinski definition) is 4. The van der Waals surface area contributed by atoms with Crippen molar-refractivity contribution in [2.24, 2.45) is 5.84 Å². The lowest BCUT2D eigenvalue weighted by atomic mass is 10.0. The molecule has 3 N–H and O–H groups in total. The molecule has 0 bridgehead atoms. The van der Waals surface area contributed by atoms with Gasteiger partial charge >= 0.3 is 0 Å². The molecule has 0 fully saturated rings. The molecule has 1 aromatic heterocycles. The smallest absolute Gasteiger partial charge is 0.165 e. The molecular weight excluding hydrogens is 235 g/mol. The predicted molar refractivity (Wildman–Crippen MR) is 65.4 cm³/mol. The molecule has 1 aromatic carbocycles. The van der Waals surface area contributed by atoms with E-state index in [4.69, 9.17) is 15.0 Å². The van der Waals surface area contributed by atoms with E-state index in [1.54, 1.807) is 18.6 Å². The van der Waals surface area contributed by atoms with Gasteiger partial charge in [0.2, 0.25) is 0 Å². The van der Waals surface area contributed by atoms with Crippen LogP contribution in [0.3, 0.4) is 0 Å². The summed E-state index contributed by atoms with van der Waals surface area (Å²) >= 11 is 0. The third-order valence-electron chi connectivity index (χ3n) is 2.80. The number of furan rings is 1. The summed E-state index contributed by atoms with van der Waals surface area (Å²) in [7, 11) is 1.44. The van der Waals surface area contributed by atoms with Crippen molar-refractivity contribution >= 4 is 0 Å². The topological polar surface area (TPSA) is 60.4 Å². The second kappa shape index (κ2) is 5.66. The van der Waals surface area contributed by atoms with E-state index in [0.29, 0.717) is 6.42 Å². The molecule has 0 spiro atoms. The van der Waals surface area contributed by atoms with Gasteiger partial charge in [-0.15, -0.1) is 0 Å². The minimum Gasteiger partial charge on any atom is -0.494 e. The van der Waals surface area contributed by atoms with E-state index in [0.717, 1.165) is 11.1 Å². The van der Waals surface area contributed by atoms with E-state index >= 15 is 0 Å². The van der Waals surface area contributed by atoms with E-state index in [1.165, 1.54) is 13.2 Å². The van der Waals surface area contributed by atoms with Crippen LogP contribution in [0.1, 0.15) is 17.2 Å². The summed E-state index contributed by atoms with van der Waals surface area (Å²) < 4.78 is 23.4. The van der Waals surface area contributed by atoms with Crippen molar-refractivity contribution < 1.29 is 13.5 Å². The zero-order valence-electron chi connectivity index (χ0n) is 10.0. The molecule has 1 atom stereocenters. The Hall–Kier alpha value is -1.85. The van der Waals surface area contributed by atoms with E-state index in [2.05, 4.69) is 5.43 Å². The summed E-state index contributed by atoms with van der Waals surface area (Å²) in [5.41, 5.74) is 4.44. The van der Waals surface area contributed by atoms with Crippen molar-refractivity contribution in [3.05, 3.63) is 53.7 Å². The van der Waals surface area contributed by atoms with E-state index in [9.17, 15) is 4.39 Å². The van der Waals surface area contributed by atoms with Crippen LogP contribution in [0.15, 0.2) is 41.2 Å². The summed E-state index contributed by atoms with van der Waals surface area (Å²) in [4.78, 5) is 0. The summed E-state index contributed by atoms with van der Waals surface area (Å²) in [6.45, 7) is 0. The van der Waals surface area contributed by atoms with Crippen molar-refractivity contribution in [3.63, 3.8) is 0 Å². The first kappa shape index (κ1) is 12.6. The second-order valence-electron chi connectivity index (χ2n) is 3.95. The first-order valence-electron chi connectivity index (χ1n) is 5.55. The highest BCUT2D eigenvalue weighted by molar-refractivity contribution is 5.30. The van der Waals surface area contributed by atoms with Crippen molar-refractivity contribution in [2.45, 2.75) is 12.5 Å². The van der Waals surface area contributed by atoms with Gasteiger partial charge in [0.05, 0.1) is 25.7 Å². The summed E-state index contributed by atoms with van der Waals surface area (Å²) in [6, 6.07) is 6.57.